The smallest absolute Gasteiger partial charge is 0.368 e. The second kappa shape index (κ2) is 6.07. The van der Waals surface area contributed by atoms with Crippen molar-refractivity contribution >= 4 is 5.82 Å². The Hall–Kier alpha value is -1.26. The van der Waals surface area contributed by atoms with Crippen LogP contribution in [0, 0.1) is 5.92 Å². The second-order valence-electron chi connectivity index (χ2n) is 4.95. The molecule has 0 aliphatic heterocycles. The van der Waals surface area contributed by atoms with Crippen molar-refractivity contribution in [3.63, 3.8) is 0 Å². The van der Waals surface area contributed by atoms with Crippen LogP contribution in [0.25, 0.3) is 0 Å². The fourth-order valence-corrected chi connectivity index (χ4v) is 1.55. The number of alkyl halides is 3. The first kappa shape index (κ1) is 14.8. The van der Waals surface area contributed by atoms with E-state index in [4.69, 9.17) is 0 Å². The minimum Gasteiger partial charge on any atom is -0.368 e. The van der Waals surface area contributed by atoms with E-state index in [1.807, 2.05) is 6.92 Å². The van der Waals surface area contributed by atoms with E-state index >= 15 is 0 Å². The number of anilines is 1. The van der Waals surface area contributed by atoms with Crippen LogP contribution in [0.2, 0.25) is 0 Å². The lowest BCUT2D eigenvalue weighted by Gasteiger charge is -2.16. The standard InChI is InChI=1S/C13H19F3N2/c1-9(2)4-5-10(3)18-12-7-6-11(8-17-12)13(14,15)16/h6-10H,4-5H2,1-3H3,(H,17,18). The molecular weight excluding hydrogens is 241 g/mol. The topological polar surface area (TPSA) is 24.9 Å². The largest absolute Gasteiger partial charge is 0.417 e. The highest BCUT2D eigenvalue weighted by Gasteiger charge is 2.30. The van der Waals surface area contributed by atoms with Gasteiger partial charge in [-0.1, -0.05) is 13.8 Å². The quantitative estimate of drug-likeness (QED) is 0.852. The van der Waals surface area contributed by atoms with Gasteiger partial charge in [-0.25, -0.2) is 4.98 Å². The van der Waals surface area contributed by atoms with Gasteiger partial charge in [-0.3, -0.25) is 0 Å². The maximum Gasteiger partial charge on any atom is 0.417 e. The average molecular weight is 260 g/mol. The monoisotopic (exact) mass is 260 g/mol. The molecule has 0 spiro atoms. The van der Waals surface area contributed by atoms with Gasteiger partial charge in [0, 0.05) is 12.2 Å². The summed E-state index contributed by atoms with van der Waals surface area (Å²) in [5, 5.41) is 3.10. The predicted molar refractivity (Wildman–Crippen MR) is 66.4 cm³/mol. The number of rotatable bonds is 5. The van der Waals surface area contributed by atoms with Gasteiger partial charge in [0.2, 0.25) is 0 Å². The molecule has 0 aromatic carbocycles. The Morgan fingerprint density at radius 3 is 2.28 bits per heavy atom. The molecule has 0 aliphatic rings. The maximum atomic E-state index is 12.3. The number of hydrogen-bond acceptors (Lipinski definition) is 2. The second-order valence-corrected chi connectivity index (χ2v) is 4.95. The van der Waals surface area contributed by atoms with Crippen molar-refractivity contribution in [1.82, 2.24) is 4.98 Å². The van der Waals surface area contributed by atoms with Crippen LogP contribution in [0.15, 0.2) is 18.3 Å². The first-order valence-corrected chi connectivity index (χ1v) is 6.09. The normalized spacial score (nSPS) is 13.7. The Morgan fingerprint density at radius 2 is 1.83 bits per heavy atom. The summed E-state index contributed by atoms with van der Waals surface area (Å²) in [6.07, 6.45) is -1.42. The number of halogens is 3. The Bertz CT molecular complexity index is 357. The predicted octanol–water partition coefficient (Wildman–Crippen LogP) is 4.34. The van der Waals surface area contributed by atoms with Gasteiger partial charge in [0.1, 0.15) is 5.82 Å². The minimum absolute atomic E-state index is 0.205. The van der Waals surface area contributed by atoms with E-state index in [0.29, 0.717) is 11.7 Å². The van der Waals surface area contributed by atoms with E-state index in [9.17, 15) is 13.2 Å². The van der Waals surface area contributed by atoms with Crippen LogP contribution < -0.4 is 5.32 Å². The van der Waals surface area contributed by atoms with Crippen molar-refractivity contribution in [2.75, 3.05) is 5.32 Å². The molecule has 1 heterocycles. The Morgan fingerprint density at radius 1 is 1.17 bits per heavy atom. The molecule has 0 aliphatic carbocycles. The minimum atomic E-state index is -4.32. The van der Waals surface area contributed by atoms with E-state index in [1.165, 1.54) is 6.07 Å². The van der Waals surface area contributed by atoms with Crippen LogP contribution in [0.5, 0.6) is 0 Å². The fourth-order valence-electron chi connectivity index (χ4n) is 1.55. The zero-order chi connectivity index (χ0) is 13.8. The van der Waals surface area contributed by atoms with E-state index in [1.54, 1.807) is 0 Å². The molecule has 5 heteroatoms. The van der Waals surface area contributed by atoms with E-state index in [0.717, 1.165) is 25.1 Å². The zero-order valence-electron chi connectivity index (χ0n) is 10.9. The Labute approximate surface area is 106 Å². The van der Waals surface area contributed by atoms with Crippen molar-refractivity contribution < 1.29 is 13.2 Å². The molecule has 1 atom stereocenters. The number of pyridine rings is 1. The fraction of sp³-hybridized carbons (Fsp3) is 0.615. The highest BCUT2D eigenvalue weighted by Crippen LogP contribution is 2.28. The van der Waals surface area contributed by atoms with Gasteiger partial charge in [-0.05, 0) is 37.8 Å². The Kier molecular flexibility index (Phi) is 4.99. The summed E-state index contributed by atoms with van der Waals surface area (Å²) in [5.41, 5.74) is -0.720. The molecule has 0 bridgehead atoms. The van der Waals surface area contributed by atoms with Crippen molar-refractivity contribution in [3.05, 3.63) is 23.9 Å². The maximum absolute atomic E-state index is 12.3. The molecule has 0 radical (unpaired) electrons. The van der Waals surface area contributed by atoms with Crippen LogP contribution in [0.4, 0.5) is 19.0 Å². The first-order chi connectivity index (χ1) is 8.29. The zero-order valence-corrected chi connectivity index (χ0v) is 10.9. The molecule has 2 nitrogen and oxygen atoms in total. The number of nitrogens with one attached hydrogen (secondary N) is 1. The summed E-state index contributed by atoms with van der Waals surface area (Å²) in [7, 11) is 0. The highest BCUT2D eigenvalue weighted by atomic mass is 19.4. The van der Waals surface area contributed by atoms with Crippen molar-refractivity contribution in [2.24, 2.45) is 5.92 Å². The van der Waals surface area contributed by atoms with Gasteiger partial charge < -0.3 is 5.32 Å². The van der Waals surface area contributed by atoms with Gasteiger partial charge in [0.15, 0.2) is 0 Å². The molecule has 1 aromatic heterocycles. The first-order valence-electron chi connectivity index (χ1n) is 6.09. The molecule has 102 valence electrons. The van der Waals surface area contributed by atoms with Crippen LogP contribution >= 0.6 is 0 Å². The van der Waals surface area contributed by atoms with Crippen molar-refractivity contribution in [1.29, 1.82) is 0 Å². The molecule has 1 unspecified atom stereocenters. The molecule has 1 rings (SSSR count). The lowest BCUT2D eigenvalue weighted by molar-refractivity contribution is -0.137. The summed E-state index contributed by atoms with van der Waals surface area (Å²) >= 11 is 0. The number of aromatic nitrogens is 1. The molecular formula is C13H19F3N2. The Balaban J connectivity index is 2.53. The lowest BCUT2D eigenvalue weighted by Crippen LogP contribution is -2.17. The SMILES string of the molecule is CC(C)CCC(C)Nc1ccc(C(F)(F)F)cn1. The van der Waals surface area contributed by atoms with Crippen molar-refractivity contribution in [2.45, 2.75) is 45.8 Å². The summed E-state index contributed by atoms with van der Waals surface area (Å²) in [4.78, 5) is 3.78. The highest BCUT2D eigenvalue weighted by molar-refractivity contribution is 5.36. The summed E-state index contributed by atoms with van der Waals surface area (Å²) in [6.45, 7) is 6.29. The average Bonchev–Trinajstić information content (AvgIpc) is 2.26. The van der Waals surface area contributed by atoms with Crippen molar-refractivity contribution in [3.8, 4) is 0 Å². The molecule has 1 aromatic rings. The third kappa shape index (κ3) is 4.94. The van der Waals surface area contributed by atoms with Crippen LogP contribution in [-0.2, 0) is 6.18 Å². The third-order valence-electron chi connectivity index (χ3n) is 2.66. The summed E-state index contributed by atoms with van der Waals surface area (Å²) < 4.78 is 37.0. The molecule has 0 saturated heterocycles. The molecule has 0 amide bonds. The van der Waals surface area contributed by atoms with Gasteiger partial charge in [0.25, 0.3) is 0 Å². The van der Waals surface area contributed by atoms with Gasteiger partial charge in [-0.2, -0.15) is 13.2 Å². The summed E-state index contributed by atoms with van der Waals surface area (Å²) in [5.74, 6) is 1.11. The van der Waals surface area contributed by atoms with Gasteiger partial charge in [-0.15, -0.1) is 0 Å². The van der Waals surface area contributed by atoms with Gasteiger partial charge >= 0.3 is 6.18 Å². The van der Waals surface area contributed by atoms with E-state index in [-0.39, 0.29) is 6.04 Å². The van der Waals surface area contributed by atoms with Crippen LogP contribution in [-0.4, -0.2) is 11.0 Å². The number of hydrogen-bond donors (Lipinski definition) is 1. The lowest BCUT2D eigenvalue weighted by atomic mass is 10.0. The van der Waals surface area contributed by atoms with Gasteiger partial charge in [0.05, 0.1) is 5.56 Å². The molecule has 18 heavy (non-hydrogen) atoms. The van der Waals surface area contributed by atoms with Crippen LogP contribution in [0.1, 0.15) is 39.2 Å². The number of nitrogens with zero attached hydrogens (tertiary/aromatic N) is 1. The third-order valence-corrected chi connectivity index (χ3v) is 2.66. The molecule has 0 saturated carbocycles. The summed E-state index contributed by atoms with van der Waals surface area (Å²) in [6, 6.07) is 2.62. The van der Waals surface area contributed by atoms with E-state index < -0.39 is 11.7 Å². The van der Waals surface area contributed by atoms with E-state index in [2.05, 4.69) is 24.1 Å². The molecule has 1 N–H and O–H groups in total. The molecule has 0 fully saturated rings. The van der Waals surface area contributed by atoms with Crippen LogP contribution in [0.3, 0.4) is 0 Å².